The standard InChI is InChI=1S/C21H16ClF3O6/c1-11(2)29-17(26)10-28-12-7-8-13-16(9-12)31-20(21(23,24)25)19(18(13)27)30-15-6-4-3-5-14(15)22/h3-9,11H,10H2,1-2H3. The second-order valence-electron chi connectivity index (χ2n) is 6.60. The molecule has 3 rings (SSSR count). The molecule has 1 heterocycles. The number of alkyl halides is 3. The van der Waals surface area contributed by atoms with Gasteiger partial charge in [-0.2, -0.15) is 13.2 Å². The Kier molecular flexibility index (Phi) is 6.45. The Bertz CT molecular complexity index is 1170. The molecular weight excluding hydrogens is 441 g/mol. The Hall–Kier alpha value is -3.20. The lowest BCUT2D eigenvalue weighted by atomic mass is 10.2. The van der Waals surface area contributed by atoms with Crippen molar-refractivity contribution in [2.75, 3.05) is 6.61 Å². The number of fused-ring (bicyclic) bond motifs is 1. The Morgan fingerprint density at radius 3 is 2.52 bits per heavy atom. The van der Waals surface area contributed by atoms with Crippen LogP contribution in [0.25, 0.3) is 11.0 Å². The smallest absolute Gasteiger partial charge is 0.453 e. The van der Waals surface area contributed by atoms with Crippen molar-refractivity contribution in [1.82, 2.24) is 0 Å². The van der Waals surface area contributed by atoms with Gasteiger partial charge in [0.1, 0.15) is 17.1 Å². The van der Waals surface area contributed by atoms with Crippen LogP contribution >= 0.6 is 11.6 Å². The fraction of sp³-hybridized carbons (Fsp3) is 0.238. The molecule has 0 radical (unpaired) electrons. The fourth-order valence-corrected chi connectivity index (χ4v) is 2.78. The molecule has 0 fully saturated rings. The zero-order valence-corrected chi connectivity index (χ0v) is 17.0. The summed E-state index contributed by atoms with van der Waals surface area (Å²) in [6.45, 7) is 2.85. The van der Waals surface area contributed by atoms with Gasteiger partial charge < -0.3 is 18.6 Å². The van der Waals surface area contributed by atoms with E-state index in [0.717, 1.165) is 6.07 Å². The number of hydrogen-bond donors (Lipinski definition) is 0. The Labute approximate surface area is 179 Å². The van der Waals surface area contributed by atoms with Crippen molar-refractivity contribution >= 4 is 28.5 Å². The number of halogens is 4. The van der Waals surface area contributed by atoms with Crippen LogP contribution in [-0.4, -0.2) is 18.7 Å². The quantitative estimate of drug-likeness (QED) is 0.450. The van der Waals surface area contributed by atoms with E-state index >= 15 is 0 Å². The molecule has 0 aliphatic heterocycles. The van der Waals surface area contributed by atoms with Gasteiger partial charge in [-0.25, -0.2) is 4.79 Å². The lowest BCUT2D eigenvalue weighted by molar-refractivity contribution is -0.154. The average Bonchev–Trinajstić information content (AvgIpc) is 2.68. The first-order valence-corrected chi connectivity index (χ1v) is 9.36. The molecule has 0 bridgehead atoms. The number of rotatable bonds is 6. The van der Waals surface area contributed by atoms with Gasteiger partial charge in [0.2, 0.25) is 11.2 Å². The van der Waals surface area contributed by atoms with E-state index in [0.29, 0.717) is 0 Å². The van der Waals surface area contributed by atoms with Gasteiger partial charge in [-0.15, -0.1) is 0 Å². The number of esters is 1. The molecule has 0 spiro atoms. The van der Waals surface area contributed by atoms with E-state index in [4.69, 9.17) is 30.2 Å². The summed E-state index contributed by atoms with van der Waals surface area (Å²) >= 11 is 5.93. The number of para-hydroxylation sites is 1. The Morgan fingerprint density at radius 1 is 1.16 bits per heavy atom. The summed E-state index contributed by atoms with van der Waals surface area (Å²) in [5.74, 6) is -3.44. The van der Waals surface area contributed by atoms with Crippen molar-refractivity contribution in [1.29, 1.82) is 0 Å². The molecule has 164 valence electrons. The summed E-state index contributed by atoms with van der Waals surface area (Å²) in [5, 5.41) is -0.153. The first kappa shape index (κ1) is 22.5. The third-order valence-corrected chi connectivity index (χ3v) is 4.16. The predicted octanol–water partition coefficient (Wildman–Crippen LogP) is 5.59. The van der Waals surface area contributed by atoms with Gasteiger partial charge in [-0.3, -0.25) is 4.79 Å². The molecule has 0 aliphatic rings. The third kappa shape index (κ3) is 5.29. The van der Waals surface area contributed by atoms with E-state index in [1.54, 1.807) is 19.9 Å². The summed E-state index contributed by atoms with van der Waals surface area (Å²) in [4.78, 5) is 24.3. The minimum absolute atomic E-state index is 0.0178. The molecule has 6 nitrogen and oxygen atoms in total. The molecule has 0 N–H and O–H groups in total. The maximum Gasteiger partial charge on any atom is 0.453 e. The molecule has 0 unspecified atom stereocenters. The lowest BCUT2D eigenvalue weighted by Crippen LogP contribution is -2.19. The molecule has 0 saturated heterocycles. The molecule has 31 heavy (non-hydrogen) atoms. The van der Waals surface area contributed by atoms with Crippen molar-refractivity contribution in [2.45, 2.75) is 26.1 Å². The van der Waals surface area contributed by atoms with E-state index in [2.05, 4.69) is 0 Å². The van der Waals surface area contributed by atoms with Crippen LogP contribution in [0.3, 0.4) is 0 Å². The highest BCUT2D eigenvalue weighted by Crippen LogP contribution is 2.39. The predicted molar refractivity (Wildman–Crippen MR) is 106 cm³/mol. The first-order chi connectivity index (χ1) is 14.6. The van der Waals surface area contributed by atoms with E-state index in [-0.39, 0.29) is 28.0 Å². The van der Waals surface area contributed by atoms with E-state index in [9.17, 15) is 22.8 Å². The second kappa shape index (κ2) is 8.89. The van der Waals surface area contributed by atoms with Crippen LogP contribution in [0.4, 0.5) is 13.2 Å². The van der Waals surface area contributed by atoms with Crippen LogP contribution in [0.15, 0.2) is 51.7 Å². The number of carbonyl (C=O) groups excluding carboxylic acids is 1. The second-order valence-corrected chi connectivity index (χ2v) is 7.01. The van der Waals surface area contributed by atoms with Gasteiger partial charge >= 0.3 is 12.1 Å². The Balaban J connectivity index is 2.02. The molecule has 0 saturated carbocycles. The minimum Gasteiger partial charge on any atom is -0.482 e. The van der Waals surface area contributed by atoms with E-state index in [1.807, 2.05) is 0 Å². The molecule has 0 amide bonds. The summed E-state index contributed by atoms with van der Waals surface area (Å²) < 4.78 is 61.1. The Morgan fingerprint density at radius 2 is 1.87 bits per heavy atom. The van der Waals surface area contributed by atoms with Gasteiger partial charge in [0.15, 0.2) is 6.61 Å². The maximum absolute atomic E-state index is 13.6. The van der Waals surface area contributed by atoms with Crippen molar-refractivity contribution in [3.8, 4) is 17.2 Å². The third-order valence-electron chi connectivity index (χ3n) is 3.85. The molecular formula is C21H16ClF3O6. The fourth-order valence-electron chi connectivity index (χ4n) is 2.60. The zero-order valence-electron chi connectivity index (χ0n) is 16.3. The van der Waals surface area contributed by atoms with Gasteiger partial charge in [0, 0.05) is 6.07 Å². The molecule has 2 aromatic carbocycles. The van der Waals surface area contributed by atoms with Crippen LogP contribution in [0, 0.1) is 0 Å². The van der Waals surface area contributed by atoms with Crippen LogP contribution in [-0.2, 0) is 15.7 Å². The summed E-state index contributed by atoms with van der Waals surface area (Å²) in [5.41, 5.74) is -1.43. The number of ether oxygens (including phenoxy) is 3. The zero-order chi connectivity index (χ0) is 22.8. The van der Waals surface area contributed by atoms with Crippen molar-refractivity contribution in [3.05, 3.63) is 63.5 Å². The topological polar surface area (TPSA) is 75.0 Å². The highest BCUT2D eigenvalue weighted by Gasteiger charge is 2.40. The highest BCUT2D eigenvalue weighted by atomic mass is 35.5. The molecule has 0 aliphatic carbocycles. The van der Waals surface area contributed by atoms with Crippen molar-refractivity contribution < 1.29 is 36.6 Å². The van der Waals surface area contributed by atoms with Gasteiger partial charge in [-0.1, -0.05) is 23.7 Å². The van der Waals surface area contributed by atoms with Crippen LogP contribution in [0.1, 0.15) is 19.6 Å². The lowest BCUT2D eigenvalue weighted by Gasteiger charge is -2.14. The summed E-state index contributed by atoms with van der Waals surface area (Å²) in [6.07, 6.45) is -5.38. The monoisotopic (exact) mass is 456 g/mol. The normalized spacial score (nSPS) is 11.6. The van der Waals surface area contributed by atoms with Crippen molar-refractivity contribution in [2.24, 2.45) is 0 Å². The van der Waals surface area contributed by atoms with Gasteiger partial charge in [0.05, 0.1) is 16.5 Å². The number of hydrogen-bond acceptors (Lipinski definition) is 6. The number of benzene rings is 2. The van der Waals surface area contributed by atoms with Crippen molar-refractivity contribution in [3.63, 3.8) is 0 Å². The summed E-state index contributed by atoms with van der Waals surface area (Å²) in [7, 11) is 0. The average molecular weight is 457 g/mol. The highest BCUT2D eigenvalue weighted by molar-refractivity contribution is 6.32. The molecule has 3 aromatic rings. The van der Waals surface area contributed by atoms with Crippen LogP contribution in [0.2, 0.25) is 5.02 Å². The SMILES string of the molecule is CC(C)OC(=O)COc1ccc2c(=O)c(Oc3ccccc3Cl)c(C(F)(F)F)oc2c1. The maximum atomic E-state index is 13.6. The summed E-state index contributed by atoms with van der Waals surface area (Å²) in [6, 6.07) is 9.37. The van der Waals surface area contributed by atoms with Gasteiger partial charge in [0.25, 0.3) is 5.76 Å². The van der Waals surface area contributed by atoms with E-state index in [1.165, 1.54) is 30.3 Å². The van der Waals surface area contributed by atoms with Gasteiger partial charge in [-0.05, 0) is 38.1 Å². The largest absolute Gasteiger partial charge is 0.482 e. The van der Waals surface area contributed by atoms with Crippen LogP contribution in [0.5, 0.6) is 17.2 Å². The molecule has 1 aromatic heterocycles. The van der Waals surface area contributed by atoms with Crippen LogP contribution < -0.4 is 14.9 Å². The molecule has 0 atom stereocenters. The first-order valence-electron chi connectivity index (χ1n) is 8.99. The minimum atomic E-state index is -5.03. The molecule has 10 heteroatoms. The van der Waals surface area contributed by atoms with E-state index < -0.39 is 41.3 Å². The number of carbonyl (C=O) groups is 1.